The number of hydrogen-bond donors (Lipinski definition) is 1. The molecule has 0 spiro atoms. The third-order valence-electron chi connectivity index (χ3n) is 5.71. The van der Waals surface area contributed by atoms with Crippen molar-refractivity contribution >= 4 is 35.0 Å². The summed E-state index contributed by atoms with van der Waals surface area (Å²) in [5.74, 6) is 0.633. The molecular weight excluding hydrogens is 511 g/mol. The molecule has 0 heterocycles. The minimum atomic E-state index is -0.774. The number of nitrogens with one attached hydrogen (secondary N) is 1. The van der Waals surface area contributed by atoms with Gasteiger partial charge in [0, 0.05) is 19.5 Å². The number of carbonyl (C=O) groups excluding carboxylic acids is 2. The number of amides is 2. The number of benzene rings is 3. The molecule has 0 aliphatic heterocycles. The fourth-order valence-corrected chi connectivity index (χ4v) is 4.09. The number of hydrogen-bond acceptors (Lipinski definition) is 4. The molecule has 0 radical (unpaired) electrons. The minimum absolute atomic E-state index is 0.150. The molecular formula is C29H32Cl2N2O4. The number of rotatable bonds is 12. The molecule has 0 unspecified atom stereocenters. The second-order valence-corrected chi connectivity index (χ2v) is 9.87. The van der Waals surface area contributed by atoms with Crippen molar-refractivity contribution in [1.82, 2.24) is 10.2 Å². The van der Waals surface area contributed by atoms with Crippen molar-refractivity contribution in [2.24, 2.45) is 5.92 Å². The van der Waals surface area contributed by atoms with Crippen LogP contribution in [0.2, 0.25) is 10.0 Å². The Balaban J connectivity index is 1.93. The van der Waals surface area contributed by atoms with E-state index in [0.29, 0.717) is 34.5 Å². The first-order chi connectivity index (χ1) is 17.8. The lowest BCUT2D eigenvalue weighted by Gasteiger charge is -2.32. The van der Waals surface area contributed by atoms with Gasteiger partial charge in [0.15, 0.2) is 18.1 Å². The Morgan fingerprint density at radius 1 is 0.892 bits per heavy atom. The summed E-state index contributed by atoms with van der Waals surface area (Å²) in [5.41, 5.74) is 1.68. The lowest BCUT2D eigenvalue weighted by Crippen LogP contribution is -2.52. The zero-order valence-electron chi connectivity index (χ0n) is 21.2. The molecule has 37 heavy (non-hydrogen) atoms. The van der Waals surface area contributed by atoms with E-state index < -0.39 is 6.04 Å². The predicted molar refractivity (Wildman–Crippen MR) is 147 cm³/mol. The predicted octanol–water partition coefficient (Wildman–Crippen LogP) is 5.79. The normalized spacial score (nSPS) is 11.6. The van der Waals surface area contributed by atoms with Crippen molar-refractivity contribution in [2.75, 3.05) is 20.3 Å². The summed E-state index contributed by atoms with van der Waals surface area (Å²) in [4.78, 5) is 28.7. The summed E-state index contributed by atoms with van der Waals surface area (Å²) in [5, 5.41) is 3.79. The highest BCUT2D eigenvalue weighted by molar-refractivity contribution is 6.42. The molecule has 1 N–H and O–H groups in total. The van der Waals surface area contributed by atoms with Crippen molar-refractivity contribution in [1.29, 1.82) is 0 Å². The second-order valence-electron chi connectivity index (χ2n) is 9.05. The van der Waals surface area contributed by atoms with Crippen LogP contribution in [0.4, 0.5) is 0 Å². The molecule has 3 rings (SSSR count). The molecule has 0 aliphatic carbocycles. The monoisotopic (exact) mass is 542 g/mol. The summed E-state index contributed by atoms with van der Waals surface area (Å²) >= 11 is 12.4. The number of nitrogens with zero attached hydrogens (tertiary/aromatic N) is 1. The molecule has 3 aromatic carbocycles. The van der Waals surface area contributed by atoms with Gasteiger partial charge in [-0.25, -0.2) is 0 Å². The van der Waals surface area contributed by atoms with Crippen LogP contribution in [0.5, 0.6) is 11.5 Å². The average molecular weight is 543 g/mol. The lowest BCUT2D eigenvalue weighted by atomic mass is 10.0. The van der Waals surface area contributed by atoms with E-state index in [4.69, 9.17) is 32.7 Å². The van der Waals surface area contributed by atoms with Crippen molar-refractivity contribution in [2.45, 2.75) is 32.9 Å². The van der Waals surface area contributed by atoms with E-state index in [-0.39, 0.29) is 30.9 Å². The molecule has 0 aromatic heterocycles. The van der Waals surface area contributed by atoms with Gasteiger partial charge in [-0.05, 0) is 41.3 Å². The van der Waals surface area contributed by atoms with E-state index in [1.54, 1.807) is 36.4 Å². The first-order valence-corrected chi connectivity index (χ1v) is 12.8. The van der Waals surface area contributed by atoms with Crippen LogP contribution >= 0.6 is 23.2 Å². The topological polar surface area (TPSA) is 67.9 Å². The Kier molecular flexibility index (Phi) is 10.7. The molecule has 0 saturated carbocycles. The van der Waals surface area contributed by atoms with Crippen molar-refractivity contribution in [3.63, 3.8) is 0 Å². The summed E-state index contributed by atoms with van der Waals surface area (Å²) in [6.45, 7) is 4.41. The highest BCUT2D eigenvalue weighted by atomic mass is 35.5. The summed E-state index contributed by atoms with van der Waals surface area (Å²) in [6, 6.07) is 21.1. The van der Waals surface area contributed by atoms with Crippen molar-refractivity contribution in [3.8, 4) is 11.5 Å². The highest BCUT2D eigenvalue weighted by Gasteiger charge is 2.31. The molecule has 0 bridgehead atoms. The number of halogens is 2. The third kappa shape index (κ3) is 8.41. The van der Waals surface area contributed by atoms with Crippen LogP contribution in [0.1, 0.15) is 25.0 Å². The number of carbonyl (C=O) groups is 2. The van der Waals surface area contributed by atoms with E-state index in [1.165, 1.54) is 12.0 Å². The van der Waals surface area contributed by atoms with Gasteiger partial charge >= 0.3 is 0 Å². The van der Waals surface area contributed by atoms with Gasteiger partial charge < -0.3 is 19.7 Å². The van der Waals surface area contributed by atoms with Crippen molar-refractivity contribution < 1.29 is 19.1 Å². The van der Waals surface area contributed by atoms with Crippen LogP contribution < -0.4 is 14.8 Å². The molecule has 1 atom stereocenters. The van der Waals surface area contributed by atoms with Crippen LogP contribution in [-0.2, 0) is 22.6 Å². The van der Waals surface area contributed by atoms with Gasteiger partial charge in [0.05, 0.1) is 17.2 Å². The summed E-state index contributed by atoms with van der Waals surface area (Å²) in [7, 11) is 1.54. The average Bonchev–Trinajstić information content (AvgIpc) is 2.90. The van der Waals surface area contributed by atoms with Crippen molar-refractivity contribution in [3.05, 3.63) is 94.0 Å². The quantitative estimate of drug-likeness (QED) is 0.314. The van der Waals surface area contributed by atoms with Crippen LogP contribution in [0.3, 0.4) is 0 Å². The largest absolute Gasteiger partial charge is 0.493 e. The lowest BCUT2D eigenvalue weighted by molar-refractivity contribution is -0.142. The molecule has 0 saturated heterocycles. The van der Waals surface area contributed by atoms with E-state index in [2.05, 4.69) is 5.32 Å². The molecule has 0 fully saturated rings. The highest BCUT2D eigenvalue weighted by Crippen LogP contribution is 2.27. The zero-order chi connectivity index (χ0) is 26.8. The first-order valence-electron chi connectivity index (χ1n) is 12.1. The molecule has 0 aliphatic rings. The van der Waals surface area contributed by atoms with Gasteiger partial charge in [0.25, 0.3) is 5.91 Å². The Labute approximate surface area is 228 Å². The summed E-state index contributed by atoms with van der Waals surface area (Å²) in [6.07, 6.45) is 0.340. The van der Waals surface area contributed by atoms with Crippen LogP contribution in [0.25, 0.3) is 0 Å². The van der Waals surface area contributed by atoms with Gasteiger partial charge in [-0.3, -0.25) is 9.59 Å². The molecule has 3 aromatic rings. The number of ether oxygens (including phenoxy) is 2. The molecule has 6 nitrogen and oxygen atoms in total. The molecule has 8 heteroatoms. The fourth-order valence-electron chi connectivity index (χ4n) is 3.77. The van der Waals surface area contributed by atoms with E-state index in [9.17, 15) is 9.59 Å². The van der Waals surface area contributed by atoms with Gasteiger partial charge in [-0.2, -0.15) is 0 Å². The van der Waals surface area contributed by atoms with Gasteiger partial charge in [0.1, 0.15) is 6.04 Å². The Bertz CT molecular complexity index is 1190. The van der Waals surface area contributed by atoms with Gasteiger partial charge in [0.2, 0.25) is 5.91 Å². The van der Waals surface area contributed by atoms with Crippen LogP contribution in [-0.4, -0.2) is 43.0 Å². The zero-order valence-corrected chi connectivity index (χ0v) is 22.8. The second kappa shape index (κ2) is 13.9. The summed E-state index contributed by atoms with van der Waals surface area (Å²) < 4.78 is 11.2. The Morgan fingerprint density at radius 3 is 2.22 bits per heavy atom. The smallest absolute Gasteiger partial charge is 0.261 e. The number of methoxy groups -OCH3 is 1. The fraction of sp³-hybridized carbons (Fsp3) is 0.310. The molecule has 2 amide bonds. The first kappa shape index (κ1) is 28.4. The van der Waals surface area contributed by atoms with Crippen LogP contribution in [0, 0.1) is 5.92 Å². The van der Waals surface area contributed by atoms with E-state index in [1.807, 2.05) is 50.2 Å². The van der Waals surface area contributed by atoms with E-state index in [0.717, 1.165) is 11.1 Å². The van der Waals surface area contributed by atoms with Crippen LogP contribution in [0.15, 0.2) is 72.8 Å². The standard InChI is InChI=1S/C29H32Cl2N2O4/c1-20(2)17-32-29(35)25(16-21-9-5-4-6-10-21)33(18-22-13-14-23(30)24(31)15-22)28(34)19-37-27-12-8-7-11-26(27)36-3/h4-15,20,25H,16-19H2,1-3H3,(H,32,35)/t25-/m0/s1. The maximum absolute atomic E-state index is 13.7. The SMILES string of the molecule is COc1ccccc1OCC(=O)N(Cc1ccc(Cl)c(Cl)c1)[C@@H](Cc1ccccc1)C(=O)NCC(C)C. The van der Waals surface area contributed by atoms with E-state index >= 15 is 0 Å². The third-order valence-corrected chi connectivity index (χ3v) is 6.45. The number of para-hydroxylation sites is 2. The maximum Gasteiger partial charge on any atom is 0.261 e. The minimum Gasteiger partial charge on any atom is -0.493 e. The Hall–Kier alpha value is -3.22. The van der Waals surface area contributed by atoms with Gasteiger partial charge in [-0.15, -0.1) is 0 Å². The maximum atomic E-state index is 13.7. The Morgan fingerprint density at radius 2 is 1.57 bits per heavy atom. The van der Waals surface area contributed by atoms with Gasteiger partial charge in [-0.1, -0.05) is 85.6 Å². The molecule has 196 valence electrons.